The van der Waals surface area contributed by atoms with E-state index >= 15 is 0 Å². The molecule has 5 aromatic rings. The van der Waals surface area contributed by atoms with E-state index in [1.54, 1.807) is 24.7 Å². The van der Waals surface area contributed by atoms with Gasteiger partial charge in [-0.15, -0.1) is 0 Å². The van der Waals surface area contributed by atoms with Gasteiger partial charge in [0.1, 0.15) is 5.82 Å². The Kier molecular flexibility index (Phi) is 5.74. The van der Waals surface area contributed by atoms with Crippen LogP contribution in [0.3, 0.4) is 0 Å². The van der Waals surface area contributed by atoms with Crippen LogP contribution in [0.5, 0.6) is 0 Å². The number of primary amides is 1. The molecular weight excluding hydrogens is 441 g/mol. The highest BCUT2D eigenvalue weighted by Gasteiger charge is 2.12. The minimum atomic E-state index is -0.516. The van der Waals surface area contributed by atoms with Crippen LogP contribution >= 0.6 is 0 Å². The molecule has 0 fully saturated rings. The predicted molar refractivity (Wildman–Crippen MR) is 136 cm³/mol. The highest BCUT2D eigenvalue weighted by molar-refractivity contribution is 6.05. The van der Waals surface area contributed by atoms with Crippen molar-refractivity contribution in [3.8, 4) is 0 Å². The van der Waals surface area contributed by atoms with Crippen molar-refractivity contribution in [2.75, 3.05) is 0 Å². The maximum absolute atomic E-state index is 14.4. The Labute approximate surface area is 201 Å². The Balaban J connectivity index is 1.36. The number of hydrogen-bond donors (Lipinski definition) is 3. The lowest BCUT2D eigenvalue weighted by atomic mass is 10.00. The summed E-state index contributed by atoms with van der Waals surface area (Å²) in [4.78, 5) is 23.9. The number of pyridine rings is 2. The first-order chi connectivity index (χ1) is 16.9. The molecule has 3 aromatic heterocycles. The van der Waals surface area contributed by atoms with Crippen LogP contribution in [0, 0.1) is 12.7 Å². The fraction of sp³-hybridized carbons (Fsp3) is 0.107. The van der Waals surface area contributed by atoms with E-state index in [2.05, 4.69) is 26.8 Å². The van der Waals surface area contributed by atoms with Crippen LogP contribution in [-0.2, 0) is 13.0 Å². The second kappa shape index (κ2) is 9.02. The highest BCUT2D eigenvalue weighted by atomic mass is 19.1. The molecule has 2 aromatic carbocycles. The van der Waals surface area contributed by atoms with Gasteiger partial charge >= 0.3 is 0 Å². The molecule has 6 nitrogen and oxygen atoms in total. The number of aryl methyl sites for hydroxylation is 1. The highest BCUT2D eigenvalue weighted by Crippen LogP contribution is 2.23. The Bertz CT molecular complexity index is 1600. The summed E-state index contributed by atoms with van der Waals surface area (Å²) in [6, 6.07) is 14.8. The molecule has 35 heavy (non-hydrogen) atoms. The van der Waals surface area contributed by atoms with E-state index in [0.717, 1.165) is 38.7 Å². The van der Waals surface area contributed by atoms with E-state index in [4.69, 9.17) is 5.73 Å². The molecule has 7 heteroatoms. The Morgan fingerprint density at radius 1 is 1.11 bits per heavy atom. The summed E-state index contributed by atoms with van der Waals surface area (Å²) in [6.07, 6.45) is 5.73. The van der Waals surface area contributed by atoms with Crippen molar-refractivity contribution in [1.29, 1.82) is 0 Å². The normalized spacial score (nSPS) is 11.1. The number of amides is 1. The van der Waals surface area contributed by atoms with E-state index in [9.17, 15) is 9.18 Å². The molecule has 5 rings (SSSR count). The van der Waals surface area contributed by atoms with Gasteiger partial charge in [0.15, 0.2) is 0 Å². The molecule has 0 aliphatic heterocycles. The van der Waals surface area contributed by atoms with Crippen LogP contribution in [-0.4, -0.2) is 20.9 Å². The first-order valence-electron chi connectivity index (χ1n) is 11.2. The number of carbonyl (C=O) groups is 1. The lowest BCUT2D eigenvalue weighted by molar-refractivity contribution is 0.100. The summed E-state index contributed by atoms with van der Waals surface area (Å²) in [6.45, 7) is 6.38. The quantitative estimate of drug-likeness (QED) is 0.315. The zero-order valence-corrected chi connectivity index (χ0v) is 19.2. The molecule has 174 valence electrons. The van der Waals surface area contributed by atoms with Crippen LogP contribution in [0.1, 0.15) is 38.3 Å². The van der Waals surface area contributed by atoms with Crippen molar-refractivity contribution in [2.24, 2.45) is 5.73 Å². The number of carbonyl (C=O) groups excluding carboxylic acids is 1. The third-order valence-corrected chi connectivity index (χ3v) is 6.01. The molecule has 0 spiro atoms. The van der Waals surface area contributed by atoms with Gasteiger partial charge < -0.3 is 16.0 Å². The molecular formula is C28H24FN5O. The predicted octanol–water partition coefficient (Wildman–Crippen LogP) is 5.01. The largest absolute Gasteiger partial charge is 0.381 e. The lowest BCUT2D eigenvalue weighted by Gasteiger charge is -2.12. The Hall–Kier alpha value is -4.52. The van der Waals surface area contributed by atoms with Gasteiger partial charge in [-0.1, -0.05) is 6.58 Å². The van der Waals surface area contributed by atoms with E-state index in [1.807, 2.05) is 43.3 Å². The molecule has 4 N–H and O–H groups in total. The average Bonchev–Trinajstić information content (AvgIpc) is 3.28. The molecule has 0 radical (unpaired) electrons. The molecule has 0 aliphatic carbocycles. The number of H-pyrrole nitrogens is 1. The van der Waals surface area contributed by atoms with Gasteiger partial charge in [-0.3, -0.25) is 14.8 Å². The standard InChI is InChI=1S/C28H24FN5O/c1-16-7-21-8-18(10-24(28(30)35)27(21)34-14-16)9-23-12-19(3-5-31-23)17(2)33-15-22-11-20-4-6-32-26(20)13-25(22)29/h3-8,10-14,32-33H,2,9,15H2,1H3,(H2,30,35). The number of aromatic amines is 1. The smallest absolute Gasteiger partial charge is 0.250 e. The Morgan fingerprint density at radius 3 is 2.80 bits per heavy atom. The number of benzene rings is 2. The first-order valence-corrected chi connectivity index (χ1v) is 11.2. The number of nitrogens with one attached hydrogen (secondary N) is 2. The number of rotatable bonds is 7. The fourth-order valence-electron chi connectivity index (χ4n) is 4.24. The van der Waals surface area contributed by atoms with Crippen molar-refractivity contribution in [3.63, 3.8) is 0 Å². The third-order valence-electron chi connectivity index (χ3n) is 6.01. The topological polar surface area (TPSA) is 96.7 Å². The minimum Gasteiger partial charge on any atom is -0.381 e. The number of halogens is 1. The van der Waals surface area contributed by atoms with E-state index in [-0.39, 0.29) is 5.82 Å². The summed E-state index contributed by atoms with van der Waals surface area (Å²) >= 11 is 0. The zero-order valence-electron chi connectivity index (χ0n) is 19.2. The molecule has 0 unspecified atom stereocenters. The monoisotopic (exact) mass is 465 g/mol. The summed E-state index contributed by atoms with van der Waals surface area (Å²) in [5.41, 5.74) is 12.2. The van der Waals surface area contributed by atoms with Crippen molar-refractivity contribution >= 4 is 33.4 Å². The van der Waals surface area contributed by atoms with Crippen LogP contribution in [0.4, 0.5) is 4.39 Å². The van der Waals surface area contributed by atoms with Crippen molar-refractivity contribution < 1.29 is 9.18 Å². The minimum absolute atomic E-state index is 0.276. The molecule has 0 saturated heterocycles. The van der Waals surface area contributed by atoms with Crippen LogP contribution in [0.25, 0.3) is 27.5 Å². The van der Waals surface area contributed by atoms with Crippen LogP contribution < -0.4 is 11.1 Å². The molecule has 0 aliphatic rings. The van der Waals surface area contributed by atoms with E-state index in [1.165, 1.54) is 6.07 Å². The van der Waals surface area contributed by atoms with Crippen molar-refractivity contribution in [3.05, 3.63) is 113 Å². The van der Waals surface area contributed by atoms with Crippen molar-refractivity contribution in [2.45, 2.75) is 19.9 Å². The molecule has 0 bridgehead atoms. The van der Waals surface area contributed by atoms with Gasteiger partial charge in [0, 0.05) is 65.0 Å². The maximum atomic E-state index is 14.4. The van der Waals surface area contributed by atoms with Gasteiger partial charge in [-0.25, -0.2) is 4.39 Å². The maximum Gasteiger partial charge on any atom is 0.250 e. The third kappa shape index (κ3) is 4.61. The summed E-state index contributed by atoms with van der Waals surface area (Å²) < 4.78 is 14.4. The number of nitrogens with two attached hydrogens (primary N) is 1. The molecule has 1 amide bonds. The zero-order chi connectivity index (χ0) is 24.5. The van der Waals surface area contributed by atoms with Gasteiger partial charge in [-0.2, -0.15) is 0 Å². The van der Waals surface area contributed by atoms with E-state index < -0.39 is 5.91 Å². The average molecular weight is 466 g/mol. The first kappa shape index (κ1) is 22.3. The van der Waals surface area contributed by atoms with E-state index in [0.29, 0.717) is 35.3 Å². The lowest BCUT2D eigenvalue weighted by Crippen LogP contribution is -2.13. The van der Waals surface area contributed by atoms with Gasteiger partial charge in [0.2, 0.25) is 0 Å². The number of fused-ring (bicyclic) bond motifs is 2. The number of aromatic nitrogens is 3. The molecule has 0 saturated carbocycles. The van der Waals surface area contributed by atoms with Crippen molar-refractivity contribution in [1.82, 2.24) is 20.3 Å². The second-order valence-corrected chi connectivity index (χ2v) is 8.65. The number of hydrogen-bond acceptors (Lipinski definition) is 4. The van der Waals surface area contributed by atoms with Crippen LogP contribution in [0.2, 0.25) is 0 Å². The molecule has 0 atom stereocenters. The van der Waals surface area contributed by atoms with Gasteiger partial charge in [0.05, 0.1) is 11.1 Å². The van der Waals surface area contributed by atoms with Crippen LogP contribution in [0.15, 0.2) is 73.7 Å². The van der Waals surface area contributed by atoms with Gasteiger partial charge in [-0.05, 0) is 72.0 Å². The number of nitrogens with zero attached hydrogens (tertiary/aromatic N) is 2. The summed E-state index contributed by atoms with van der Waals surface area (Å²) in [7, 11) is 0. The van der Waals surface area contributed by atoms with Gasteiger partial charge in [0.25, 0.3) is 5.91 Å². The fourth-order valence-corrected chi connectivity index (χ4v) is 4.24. The Morgan fingerprint density at radius 2 is 1.97 bits per heavy atom. The molecule has 3 heterocycles. The summed E-state index contributed by atoms with van der Waals surface area (Å²) in [5.74, 6) is -0.792. The SMILES string of the molecule is C=C(NCc1cc2cc[nH]c2cc1F)c1ccnc(Cc2cc(C(N)=O)c3ncc(C)cc3c2)c1. The second-order valence-electron chi connectivity index (χ2n) is 8.65. The summed E-state index contributed by atoms with van der Waals surface area (Å²) in [5, 5.41) is 5.03.